The lowest BCUT2D eigenvalue weighted by Gasteiger charge is -2.19. The number of aromatic nitrogens is 2. The Morgan fingerprint density at radius 1 is 1.15 bits per heavy atom. The average Bonchev–Trinajstić information content (AvgIpc) is 2.91. The van der Waals surface area contributed by atoms with E-state index in [9.17, 15) is 8.42 Å². The SMILES string of the molecule is CCN(CC)S(=O)(=O)c1cccc(Nc2ncnc3sc(C)c(C)c23)c1. The van der Waals surface area contributed by atoms with Gasteiger partial charge in [-0.15, -0.1) is 11.3 Å². The van der Waals surface area contributed by atoms with Gasteiger partial charge < -0.3 is 5.32 Å². The molecule has 26 heavy (non-hydrogen) atoms. The van der Waals surface area contributed by atoms with Crippen LogP contribution in [0, 0.1) is 13.8 Å². The number of nitrogens with zero attached hydrogens (tertiary/aromatic N) is 3. The Kier molecular flexibility index (Phi) is 5.27. The monoisotopic (exact) mass is 390 g/mol. The highest BCUT2D eigenvalue weighted by Crippen LogP contribution is 2.34. The summed E-state index contributed by atoms with van der Waals surface area (Å²) in [5, 5.41) is 4.24. The number of thiophene rings is 1. The lowest BCUT2D eigenvalue weighted by atomic mass is 10.2. The quantitative estimate of drug-likeness (QED) is 0.686. The molecule has 0 bridgehead atoms. The summed E-state index contributed by atoms with van der Waals surface area (Å²) in [6, 6.07) is 6.84. The Balaban J connectivity index is 2.01. The molecule has 3 rings (SSSR count). The first-order valence-corrected chi connectivity index (χ1v) is 10.7. The van der Waals surface area contributed by atoms with E-state index in [1.807, 2.05) is 26.8 Å². The van der Waals surface area contributed by atoms with Crippen molar-refractivity contribution in [2.75, 3.05) is 18.4 Å². The summed E-state index contributed by atoms with van der Waals surface area (Å²) in [7, 11) is -3.50. The third kappa shape index (κ3) is 3.32. The van der Waals surface area contributed by atoms with Crippen molar-refractivity contribution in [3.63, 3.8) is 0 Å². The summed E-state index contributed by atoms with van der Waals surface area (Å²) in [4.78, 5) is 11.1. The van der Waals surface area contributed by atoms with Crippen LogP contribution in [0.3, 0.4) is 0 Å². The molecule has 2 aromatic heterocycles. The highest BCUT2D eigenvalue weighted by atomic mass is 32.2. The predicted octanol–water partition coefficient (Wildman–Crippen LogP) is 4.08. The summed E-state index contributed by atoms with van der Waals surface area (Å²) in [5.74, 6) is 0.689. The number of sulfonamides is 1. The van der Waals surface area contributed by atoms with Crippen molar-refractivity contribution >= 4 is 43.1 Å². The van der Waals surface area contributed by atoms with Crippen molar-refractivity contribution in [3.05, 3.63) is 41.0 Å². The van der Waals surface area contributed by atoms with Crippen LogP contribution in [0.15, 0.2) is 35.5 Å². The summed E-state index contributed by atoms with van der Waals surface area (Å²) in [6.45, 7) is 8.66. The van der Waals surface area contributed by atoms with Gasteiger partial charge in [0, 0.05) is 23.7 Å². The molecule has 0 saturated carbocycles. The number of fused-ring (bicyclic) bond motifs is 1. The van der Waals surface area contributed by atoms with Gasteiger partial charge in [-0.1, -0.05) is 19.9 Å². The number of benzene rings is 1. The van der Waals surface area contributed by atoms with E-state index < -0.39 is 10.0 Å². The van der Waals surface area contributed by atoms with Crippen LogP contribution in [-0.4, -0.2) is 35.8 Å². The fraction of sp³-hybridized carbons (Fsp3) is 0.333. The number of nitrogens with one attached hydrogen (secondary N) is 1. The van der Waals surface area contributed by atoms with Gasteiger partial charge in [0.15, 0.2) is 0 Å². The molecular formula is C18H22N4O2S2. The summed E-state index contributed by atoms with van der Waals surface area (Å²) >= 11 is 1.63. The molecule has 0 spiro atoms. The van der Waals surface area contributed by atoms with Crippen molar-refractivity contribution in [2.45, 2.75) is 32.6 Å². The fourth-order valence-corrected chi connectivity index (χ4v) is 5.36. The first-order chi connectivity index (χ1) is 12.4. The molecule has 0 unspecified atom stereocenters. The molecular weight excluding hydrogens is 368 g/mol. The average molecular weight is 391 g/mol. The second-order valence-corrected chi connectivity index (χ2v) is 9.07. The molecule has 0 aliphatic carbocycles. The first kappa shape index (κ1) is 18.8. The molecule has 0 fully saturated rings. The van der Waals surface area contributed by atoms with Crippen molar-refractivity contribution in [1.82, 2.24) is 14.3 Å². The van der Waals surface area contributed by atoms with E-state index >= 15 is 0 Å². The van der Waals surface area contributed by atoms with Gasteiger partial charge in [-0.05, 0) is 37.6 Å². The highest BCUT2D eigenvalue weighted by Gasteiger charge is 2.22. The van der Waals surface area contributed by atoms with Crippen LogP contribution in [-0.2, 0) is 10.0 Å². The first-order valence-electron chi connectivity index (χ1n) is 8.46. The van der Waals surface area contributed by atoms with E-state index in [4.69, 9.17) is 0 Å². The molecule has 2 heterocycles. The molecule has 1 aromatic carbocycles. The summed E-state index contributed by atoms with van der Waals surface area (Å²) < 4.78 is 26.9. The van der Waals surface area contributed by atoms with Crippen LogP contribution in [0.5, 0.6) is 0 Å². The Morgan fingerprint density at radius 3 is 2.58 bits per heavy atom. The Bertz CT molecular complexity index is 1040. The minimum Gasteiger partial charge on any atom is -0.340 e. The number of rotatable bonds is 6. The van der Waals surface area contributed by atoms with Gasteiger partial charge in [-0.3, -0.25) is 0 Å². The van der Waals surface area contributed by atoms with Crippen molar-refractivity contribution in [3.8, 4) is 0 Å². The highest BCUT2D eigenvalue weighted by molar-refractivity contribution is 7.89. The van der Waals surface area contributed by atoms with E-state index in [0.717, 1.165) is 15.8 Å². The molecule has 0 aliphatic rings. The topological polar surface area (TPSA) is 75.2 Å². The van der Waals surface area contributed by atoms with Crippen molar-refractivity contribution in [2.24, 2.45) is 0 Å². The van der Waals surface area contributed by atoms with Crippen LogP contribution >= 0.6 is 11.3 Å². The van der Waals surface area contributed by atoms with Crippen LogP contribution in [0.1, 0.15) is 24.3 Å². The van der Waals surface area contributed by atoms with Gasteiger partial charge in [-0.25, -0.2) is 18.4 Å². The third-order valence-corrected chi connectivity index (χ3v) is 7.57. The van der Waals surface area contributed by atoms with Crippen molar-refractivity contribution < 1.29 is 8.42 Å². The van der Waals surface area contributed by atoms with Crippen LogP contribution in [0.2, 0.25) is 0 Å². The molecule has 138 valence electrons. The minimum absolute atomic E-state index is 0.273. The van der Waals surface area contributed by atoms with E-state index in [2.05, 4.69) is 22.2 Å². The maximum Gasteiger partial charge on any atom is 0.243 e. The largest absolute Gasteiger partial charge is 0.340 e. The smallest absolute Gasteiger partial charge is 0.243 e. The summed E-state index contributed by atoms with van der Waals surface area (Å²) in [6.07, 6.45) is 1.52. The number of hydrogen-bond donors (Lipinski definition) is 1. The van der Waals surface area contributed by atoms with Gasteiger partial charge in [-0.2, -0.15) is 4.31 Å². The molecule has 1 N–H and O–H groups in total. The number of hydrogen-bond acceptors (Lipinski definition) is 6. The molecule has 8 heteroatoms. The zero-order valence-electron chi connectivity index (χ0n) is 15.3. The van der Waals surface area contributed by atoms with Crippen LogP contribution < -0.4 is 5.32 Å². The minimum atomic E-state index is -3.50. The molecule has 6 nitrogen and oxygen atoms in total. The van der Waals surface area contributed by atoms with Crippen LogP contribution in [0.4, 0.5) is 11.5 Å². The lowest BCUT2D eigenvalue weighted by Crippen LogP contribution is -2.30. The van der Waals surface area contributed by atoms with Crippen LogP contribution in [0.25, 0.3) is 10.2 Å². The summed E-state index contributed by atoms with van der Waals surface area (Å²) in [5.41, 5.74) is 1.82. The van der Waals surface area contributed by atoms with E-state index in [1.54, 1.807) is 29.5 Å². The van der Waals surface area contributed by atoms with Gasteiger partial charge in [0.2, 0.25) is 10.0 Å². The third-order valence-electron chi connectivity index (χ3n) is 4.41. The van der Waals surface area contributed by atoms with E-state index in [1.165, 1.54) is 15.5 Å². The van der Waals surface area contributed by atoms with E-state index in [0.29, 0.717) is 24.6 Å². The molecule has 0 amide bonds. The van der Waals surface area contributed by atoms with E-state index in [-0.39, 0.29) is 4.90 Å². The Hall–Kier alpha value is -2.03. The maximum absolute atomic E-state index is 12.7. The standard InChI is InChI=1S/C18H22N4O2S2/c1-5-22(6-2)26(23,24)15-9-7-8-14(10-15)21-17-16-12(3)13(4)25-18(16)20-11-19-17/h7-11H,5-6H2,1-4H3,(H,19,20,21). The number of aryl methyl sites for hydroxylation is 2. The van der Waals surface area contributed by atoms with Gasteiger partial charge in [0.1, 0.15) is 17.0 Å². The molecule has 0 radical (unpaired) electrons. The second-order valence-electron chi connectivity index (χ2n) is 5.93. The zero-order chi connectivity index (χ0) is 18.9. The normalized spacial score (nSPS) is 12.0. The van der Waals surface area contributed by atoms with Gasteiger partial charge >= 0.3 is 0 Å². The number of anilines is 2. The maximum atomic E-state index is 12.7. The Labute approximate surface area is 158 Å². The van der Waals surface area contributed by atoms with Crippen molar-refractivity contribution in [1.29, 1.82) is 0 Å². The predicted molar refractivity (Wildman–Crippen MR) is 107 cm³/mol. The molecule has 0 aliphatic heterocycles. The zero-order valence-corrected chi connectivity index (χ0v) is 16.9. The van der Waals surface area contributed by atoms with Gasteiger partial charge in [0.05, 0.1) is 10.3 Å². The lowest BCUT2D eigenvalue weighted by molar-refractivity contribution is 0.445. The molecule has 0 atom stereocenters. The Morgan fingerprint density at radius 2 is 1.88 bits per heavy atom. The van der Waals surface area contributed by atoms with Gasteiger partial charge in [0.25, 0.3) is 0 Å². The molecule has 3 aromatic rings. The fourth-order valence-electron chi connectivity index (χ4n) is 2.86. The second kappa shape index (κ2) is 7.30. The molecule has 0 saturated heterocycles.